The lowest BCUT2D eigenvalue weighted by atomic mass is 10.0. The van der Waals surface area contributed by atoms with E-state index in [2.05, 4.69) is 65.0 Å². The van der Waals surface area contributed by atoms with Gasteiger partial charge in [-0.2, -0.15) is 0 Å². The summed E-state index contributed by atoms with van der Waals surface area (Å²) in [5.74, 6) is 2.70. The van der Waals surface area contributed by atoms with Gasteiger partial charge in [-0.05, 0) is 59.7 Å². The quantitative estimate of drug-likeness (QED) is 0.477. The Kier molecular flexibility index (Phi) is 6.51. The molecule has 0 spiro atoms. The van der Waals surface area contributed by atoms with Crippen LogP contribution >= 0.6 is 22.6 Å². The van der Waals surface area contributed by atoms with E-state index in [1.807, 2.05) is 0 Å². The first-order valence-corrected chi connectivity index (χ1v) is 6.78. The van der Waals surface area contributed by atoms with E-state index in [-0.39, 0.29) is 0 Å². The van der Waals surface area contributed by atoms with Crippen molar-refractivity contribution in [3.8, 4) is 12.3 Å². The number of hydrogen-bond acceptors (Lipinski definition) is 1. The zero-order valence-corrected chi connectivity index (χ0v) is 11.8. The second-order valence-corrected chi connectivity index (χ2v) is 5.00. The standard InChI is InChI=1S/C14H18IN/c1-3-5-6-7-14(16-4-2)12-8-10-13(15)11-9-12/h1,8-11,14,16H,4-7H2,2H3. The molecular formula is C14H18IN. The van der Waals surface area contributed by atoms with Gasteiger partial charge in [0.1, 0.15) is 0 Å². The molecule has 0 aliphatic rings. The van der Waals surface area contributed by atoms with Gasteiger partial charge >= 0.3 is 0 Å². The third-order valence-corrected chi connectivity index (χ3v) is 3.26. The van der Waals surface area contributed by atoms with Gasteiger partial charge in [0.15, 0.2) is 0 Å². The van der Waals surface area contributed by atoms with Crippen LogP contribution in [-0.4, -0.2) is 6.54 Å². The van der Waals surface area contributed by atoms with Crippen molar-refractivity contribution in [3.63, 3.8) is 0 Å². The zero-order chi connectivity index (χ0) is 11.8. The molecular weight excluding hydrogens is 309 g/mol. The maximum absolute atomic E-state index is 5.28. The van der Waals surface area contributed by atoms with Gasteiger partial charge in [0, 0.05) is 16.0 Å². The van der Waals surface area contributed by atoms with Crippen molar-refractivity contribution >= 4 is 22.6 Å². The third-order valence-electron chi connectivity index (χ3n) is 2.54. The van der Waals surface area contributed by atoms with Gasteiger partial charge in [-0.1, -0.05) is 19.1 Å². The summed E-state index contributed by atoms with van der Waals surface area (Å²) in [6, 6.07) is 9.15. The fourth-order valence-corrected chi connectivity index (χ4v) is 2.10. The molecule has 0 aliphatic heterocycles. The molecule has 0 aliphatic carbocycles. The highest BCUT2D eigenvalue weighted by Gasteiger charge is 2.08. The highest BCUT2D eigenvalue weighted by molar-refractivity contribution is 14.1. The normalized spacial score (nSPS) is 12.1. The summed E-state index contributed by atoms with van der Waals surface area (Å²) in [5, 5.41) is 3.51. The summed E-state index contributed by atoms with van der Waals surface area (Å²) in [4.78, 5) is 0. The molecule has 1 N–H and O–H groups in total. The molecule has 0 radical (unpaired) electrons. The topological polar surface area (TPSA) is 12.0 Å². The Hall–Kier alpha value is -0.530. The minimum Gasteiger partial charge on any atom is -0.310 e. The number of terminal acetylenes is 1. The number of benzene rings is 1. The molecule has 1 aromatic carbocycles. The fourth-order valence-electron chi connectivity index (χ4n) is 1.74. The van der Waals surface area contributed by atoms with Gasteiger partial charge in [0.2, 0.25) is 0 Å². The number of halogens is 1. The number of unbranched alkanes of at least 4 members (excludes halogenated alkanes) is 1. The number of rotatable bonds is 6. The molecule has 16 heavy (non-hydrogen) atoms. The highest BCUT2D eigenvalue weighted by Crippen LogP contribution is 2.20. The van der Waals surface area contributed by atoms with Gasteiger partial charge < -0.3 is 5.32 Å². The smallest absolute Gasteiger partial charge is 0.0320 e. The van der Waals surface area contributed by atoms with E-state index in [1.54, 1.807) is 0 Å². The van der Waals surface area contributed by atoms with Crippen LogP contribution in [0.4, 0.5) is 0 Å². The molecule has 0 amide bonds. The molecule has 86 valence electrons. The second kappa shape index (κ2) is 7.70. The Balaban J connectivity index is 2.62. The van der Waals surface area contributed by atoms with Crippen LogP contribution < -0.4 is 5.32 Å². The SMILES string of the molecule is C#CCCCC(NCC)c1ccc(I)cc1. The maximum atomic E-state index is 5.28. The van der Waals surface area contributed by atoms with Gasteiger partial charge in [-0.15, -0.1) is 12.3 Å². The molecule has 1 nitrogen and oxygen atoms in total. The van der Waals surface area contributed by atoms with E-state index in [0.717, 1.165) is 25.8 Å². The van der Waals surface area contributed by atoms with Crippen molar-refractivity contribution in [2.45, 2.75) is 32.2 Å². The molecule has 0 saturated carbocycles. The summed E-state index contributed by atoms with van der Waals surface area (Å²) in [6.45, 7) is 3.13. The maximum Gasteiger partial charge on any atom is 0.0320 e. The van der Waals surface area contributed by atoms with Crippen molar-refractivity contribution in [1.82, 2.24) is 5.32 Å². The lowest BCUT2D eigenvalue weighted by Gasteiger charge is -2.17. The largest absolute Gasteiger partial charge is 0.310 e. The molecule has 2 heteroatoms. The average molecular weight is 327 g/mol. The summed E-state index contributed by atoms with van der Waals surface area (Å²) in [7, 11) is 0. The van der Waals surface area contributed by atoms with Crippen LogP contribution in [0.5, 0.6) is 0 Å². The Morgan fingerprint density at radius 1 is 1.38 bits per heavy atom. The predicted molar refractivity (Wildman–Crippen MR) is 78.3 cm³/mol. The van der Waals surface area contributed by atoms with Crippen molar-refractivity contribution in [2.75, 3.05) is 6.54 Å². The lowest BCUT2D eigenvalue weighted by molar-refractivity contribution is 0.502. The van der Waals surface area contributed by atoms with Crippen molar-refractivity contribution in [2.24, 2.45) is 0 Å². The van der Waals surface area contributed by atoms with Crippen LogP contribution in [0.15, 0.2) is 24.3 Å². The minimum atomic E-state index is 0.440. The number of nitrogens with one attached hydrogen (secondary N) is 1. The van der Waals surface area contributed by atoms with Gasteiger partial charge in [0.05, 0.1) is 0 Å². The molecule has 1 unspecified atom stereocenters. The van der Waals surface area contributed by atoms with Gasteiger partial charge in [0.25, 0.3) is 0 Å². The fraction of sp³-hybridized carbons (Fsp3) is 0.429. The molecule has 0 heterocycles. The molecule has 0 aromatic heterocycles. The van der Waals surface area contributed by atoms with Gasteiger partial charge in [-0.25, -0.2) is 0 Å². The summed E-state index contributed by atoms with van der Waals surface area (Å²) >= 11 is 2.33. The monoisotopic (exact) mass is 327 g/mol. The molecule has 0 fully saturated rings. The predicted octanol–water partition coefficient (Wildman–Crippen LogP) is 3.75. The average Bonchev–Trinajstić information content (AvgIpc) is 2.29. The van der Waals surface area contributed by atoms with Crippen LogP contribution in [0.2, 0.25) is 0 Å². The first kappa shape index (κ1) is 13.5. The van der Waals surface area contributed by atoms with Crippen LogP contribution in [0.1, 0.15) is 37.8 Å². The van der Waals surface area contributed by atoms with E-state index in [1.165, 1.54) is 9.13 Å². The van der Waals surface area contributed by atoms with E-state index in [4.69, 9.17) is 6.42 Å². The molecule has 1 rings (SSSR count). The Labute approximate surface area is 112 Å². The van der Waals surface area contributed by atoms with Crippen LogP contribution in [-0.2, 0) is 0 Å². The first-order valence-electron chi connectivity index (χ1n) is 5.70. The van der Waals surface area contributed by atoms with E-state index < -0.39 is 0 Å². The molecule has 0 bridgehead atoms. The zero-order valence-electron chi connectivity index (χ0n) is 9.67. The van der Waals surface area contributed by atoms with Crippen molar-refractivity contribution in [3.05, 3.63) is 33.4 Å². The molecule has 1 aromatic rings. The van der Waals surface area contributed by atoms with Crippen LogP contribution in [0, 0.1) is 15.9 Å². The molecule has 1 atom stereocenters. The Morgan fingerprint density at radius 3 is 2.62 bits per heavy atom. The Morgan fingerprint density at radius 2 is 2.06 bits per heavy atom. The van der Waals surface area contributed by atoms with E-state index >= 15 is 0 Å². The van der Waals surface area contributed by atoms with E-state index in [0.29, 0.717) is 6.04 Å². The third kappa shape index (κ3) is 4.54. The summed E-state index contributed by atoms with van der Waals surface area (Å²) in [5.41, 5.74) is 1.36. The number of hydrogen-bond donors (Lipinski definition) is 1. The van der Waals surface area contributed by atoms with Crippen molar-refractivity contribution < 1.29 is 0 Å². The van der Waals surface area contributed by atoms with Crippen molar-refractivity contribution in [1.29, 1.82) is 0 Å². The lowest BCUT2D eigenvalue weighted by Crippen LogP contribution is -2.20. The summed E-state index contributed by atoms with van der Waals surface area (Å²) in [6.07, 6.45) is 8.34. The van der Waals surface area contributed by atoms with Crippen LogP contribution in [0.3, 0.4) is 0 Å². The minimum absolute atomic E-state index is 0.440. The molecule has 0 saturated heterocycles. The first-order chi connectivity index (χ1) is 7.77. The van der Waals surface area contributed by atoms with Gasteiger partial charge in [-0.3, -0.25) is 0 Å². The summed E-state index contributed by atoms with van der Waals surface area (Å²) < 4.78 is 1.28. The second-order valence-electron chi connectivity index (χ2n) is 3.76. The van der Waals surface area contributed by atoms with Crippen LogP contribution in [0.25, 0.3) is 0 Å². The highest BCUT2D eigenvalue weighted by atomic mass is 127. The Bertz CT molecular complexity index is 337. The van der Waals surface area contributed by atoms with E-state index in [9.17, 15) is 0 Å².